The summed E-state index contributed by atoms with van der Waals surface area (Å²) in [7, 11) is 0. The highest BCUT2D eigenvalue weighted by Crippen LogP contribution is 2.23. The smallest absolute Gasteiger partial charge is 0.293 e. The molecule has 1 saturated heterocycles. The van der Waals surface area contributed by atoms with Crippen molar-refractivity contribution in [2.75, 3.05) is 13.1 Å². The molecule has 7 nitrogen and oxygen atoms in total. The molecule has 0 atom stereocenters. The van der Waals surface area contributed by atoms with E-state index in [2.05, 4.69) is 31.0 Å². The summed E-state index contributed by atoms with van der Waals surface area (Å²) in [6.45, 7) is 5.07. The lowest BCUT2D eigenvalue weighted by molar-refractivity contribution is 0.0584. The van der Waals surface area contributed by atoms with Gasteiger partial charge in [0.2, 0.25) is 5.82 Å². The third-order valence-electron chi connectivity index (χ3n) is 4.64. The van der Waals surface area contributed by atoms with Gasteiger partial charge in [-0.25, -0.2) is 9.50 Å². The van der Waals surface area contributed by atoms with Crippen LogP contribution in [0.2, 0.25) is 0 Å². The fourth-order valence-corrected chi connectivity index (χ4v) is 3.69. The third kappa shape index (κ3) is 3.80. The number of piperidine rings is 1. The van der Waals surface area contributed by atoms with Gasteiger partial charge < -0.3 is 9.64 Å². The van der Waals surface area contributed by atoms with Crippen molar-refractivity contribution in [2.24, 2.45) is 0 Å². The molecule has 3 aromatic rings. The minimum absolute atomic E-state index is 0.101. The standard InChI is InChI=1S/C19H20BrN5O2/c1-12-10-13(2)25-19(21-12)22-17(23-25)18(26)24-8-6-15(7-9-24)27-16-5-3-4-14(20)11-16/h3-5,10-11,15H,6-9H2,1-2H3. The Morgan fingerprint density at radius 1 is 1.19 bits per heavy atom. The van der Waals surface area contributed by atoms with Crippen LogP contribution in [0.1, 0.15) is 34.8 Å². The number of carbonyl (C=O) groups excluding carboxylic acids is 1. The average molecular weight is 430 g/mol. The number of carbonyl (C=O) groups is 1. The summed E-state index contributed by atoms with van der Waals surface area (Å²) in [6, 6.07) is 9.73. The van der Waals surface area contributed by atoms with E-state index in [1.54, 1.807) is 9.42 Å². The van der Waals surface area contributed by atoms with Crippen molar-refractivity contribution in [2.45, 2.75) is 32.8 Å². The summed E-state index contributed by atoms with van der Waals surface area (Å²) in [5.41, 5.74) is 1.77. The largest absolute Gasteiger partial charge is 0.490 e. The minimum atomic E-state index is -0.154. The van der Waals surface area contributed by atoms with Crippen LogP contribution in [-0.4, -0.2) is 49.6 Å². The molecule has 27 heavy (non-hydrogen) atoms. The van der Waals surface area contributed by atoms with Crippen molar-refractivity contribution in [3.8, 4) is 5.75 Å². The number of hydrogen-bond acceptors (Lipinski definition) is 5. The van der Waals surface area contributed by atoms with Crippen molar-refractivity contribution >= 4 is 27.6 Å². The molecule has 0 aliphatic carbocycles. The maximum atomic E-state index is 12.8. The van der Waals surface area contributed by atoms with E-state index in [0.717, 1.165) is 34.5 Å². The van der Waals surface area contributed by atoms with E-state index in [9.17, 15) is 4.79 Å². The Hall–Kier alpha value is -2.48. The number of nitrogens with zero attached hydrogens (tertiary/aromatic N) is 5. The zero-order chi connectivity index (χ0) is 19.0. The highest BCUT2D eigenvalue weighted by atomic mass is 79.9. The molecule has 0 unspecified atom stereocenters. The molecule has 1 amide bonds. The van der Waals surface area contributed by atoms with Crippen molar-refractivity contribution in [3.05, 3.63) is 52.0 Å². The number of amides is 1. The van der Waals surface area contributed by atoms with Crippen LogP contribution < -0.4 is 4.74 Å². The Morgan fingerprint density at radius 2 is 1.96 bits per heavy atom. The average Bonchev–Trinajstić information content (AvgIpc) is 3.06. The first-order valence-corrected chi connectivity index (χ1v) is 9.71. The van der Waals surface area contributed by atoms with Crippen LogP contribution >= 0.6 is 15.9 Å². The number of likely N-dealkylation sites (tertiary alicyclic amines) is 1. The highest BCUT2D eigenvalue weighted by Gasteiger charge is 2.27. The molecule has 1 aliphatic heterocycles. The molecule has 4 rings (SSSR count). The lowest BCUT2D eigenvalue weighted by atomic mass is 10.1. The number of ether oxygens (including phenoxy) is 1. The third-order valence-corrected chi connectivity index (χ3v) is 5.13. The maximum Gasteiger partial charge on any atom is 0.293 e. The van der Waals surface area contributed by atoms with Gasteiger partial charge in [-0.05, 0) is 38.1 Å². The van der Waals surface area contributed by atoms with E-state index in [1.165, 1.54) is 0 Å². The van der Waals surface area contributed by atoms with Crippen LogP contribution in [-0.2, 0) is 0 Å². The van der Waals surface area contributed by atoms with Crippen molar-refractivity contribution in [1.82, 2.24) is 24.5 Å². The van der Waals surface area contributed by atoms with Gasteiger partial charge in [-0.15, -0.1) is 5.10 Å². The molecule has 0 bridgehead atoms. The second kappa shape index (κ2) is 7.26. The number of benzene rings is 1. The lowest BCUT2D eigenvalue weighted by Gasteiger charge is -2.31. The zero-order valence-corrected chi connectivity index (χ0v) is 16.8. The van der Waals surface area contributed by atoms with Gasteiger partial charge in [0.25, 0.3) is 11.7 Å². The molecule has 140 valence electrons. The first-order valence-electron chi connectivity index (χ1n) is 8.92. The van der Waals surface area contributed by atoms with Crippen LogP contribution in [0.4, 0.5) is 0 Å². The first kappa shape index (κ1) is 17.9. The van der Waals surface area contributed by atoms with Gasteiger partial charge in [0.15, 0.2) is 0 Å². The second-order valence-electron chi connectivity index (χ2n) is 6.75. The highest BCUT2D eigenvalue weighted by molar-refractivity contribution is 9.10. The van der Waals surface area contributed by atoms with E-state index in [0.29, 0.717) is 18.9 Å². The lowest BCUT2D eigenvalue weighted by Crippen LogP contribution is -2.42. The van der Waals surface area contributed by atoms with Crippen LogP contribution in [0.15, 0.2) is 34.8 Å². The Balaban J connectivity index is 1.42. The number of aromatic nitrogens is 4. The monoisotopic (exact) mass is 429 g/mol. The molecule has 3 heterocycles. The Kier molecular flexibility index (Phi) is 4.82. The minimum Gasteiger partial charge on any atom is -0.490 e. The van der Waals surface area contributed by atoms with E-state index in [4.69, 9.17) is 4.74 Å². The Labute approximate surface area is 165 Å². The van der Waals surface area contributed by atoms with E-state index in [1.807, 2.05) is 44.2 Å². The maximum absolute atomic E-state index is 12.8. The fraction of sp³-hybridized carbons (Fsp3) is 0.368. The van der Waals surface area contributed by atoms with Crippen LogP contribution in [0.25, 0.3) is 5.78 Å². The fourth-order valence-electron chi connectivity index (χ4n) is 3.31. The molecule has 0 N–H and O–H groups in total. The number of aryl methyl sites for hydroxylation is 2. The zero-order valence-electron chi connectivity index (χ0n) is 15.2. The summed E-state index contributed by atoms with van der Waals surface area (Å²) in [4.78, 5) is 23.2. The molecule has 0 radical (unpaired) electrons. The Bertz CT molecular complexity index is 995. The predicted molar refractivity (Wildman–Crippen MR) is 104 cm³/mol. The number of halogens is 1. The van der Waals surface area contributed by atoms with Crippen molar-refractivity contribution in [3.63, 3.8) is 0 Å². The number of fused-ring (bicyclic) bond motifs is 1. The second-order valence-corrected chi connectivity index (χ2v) is 7.67. The van der Waals surface area contributed by atoms with Crippen LogP contribution in [0.3, 0.4) is 0 Å². The van der Waals surface area contributed by atoms with Gasteiger partial charge in [-0.1, -0.05) is 22.0 Å². The molecule has 0 spiro atoms. The van der Waals surface area contributed by atoms with E-state index < -0.39 is 0 Å². The van der Waals surface area contributed by atoms with Crippen LogP contribution in [0, 0.1) is 13.8 Å². The van der Waals surface area contributed by atoms with Gasteiger partial charge >= 0.3 is 0 Å². The molecular formula is C19H20BrN5O2. The molecule has 8 heteroatoms. The van der Waals surface area contributed by atoms with Gasteiger partial charge in [0.1, 0.15) is 11.9 Å². The predicted octanol–water partition coefficient (Wildman–Crippen LogP) is 3.19. The number of rotatable bonds is 3. The molecular weight excluding hydrogens is 410 g/mol. The summed E-state index contributed by atoms with van der Waals surface area (Å²) < 4.78 is 8.64. The summed E-state index contributed by atoms with van der Waals surface area (Å²) in [5, 5.41) is 4.34. The number of hydrogen-bond donors (Lipinski definition) is 0. The quantitative estimate of drug-likeness (QED) is 0.638. The molecule has 0 saturated carbocycles. The SMILES string of the molecule is Cc1cc(C)n2nc(C(=O)N3CCC(Oc4cccc(Br)c4)CC3)nc2n1. The van der Waals surface area contributed by atoms with Gasteiger partial charge in [-0.2, -0.15) is 4.98 Å². The van der Waals surface area contributed by atoms with E-state index >= 15 is 0 Å². The van der Waals surface area contributed by atoms with Crippen molar-refractivity contribution < 1.29 is 9.53 Å². The molecule has 1 fully saturated rings. The van der Waals surface area contributed by atoms with Gasteiger partial charge in [-0.3, -0.25) is 4.79 Å². The molecule has 1 aromatic carbocycles. The van der Waals surface area contributed by atoms with Crippen LogP contribution in [0.5, 0.6) is 5.75 Å². The first-order chi connectivity index (χ1) is 13.0. The van der Waals surface area contributed by atoms with Crippen molar-refractivity contribution in [1.29, 1.82) is 0 Å². The van der Waals surface area contributed by atoms with Gasteiger partial charge in [0, 0.05) is 41.8 Å². The van der Waals surface area contributed by atoms with E-state index in [-0.39, 0.29) is 17.8 Å². The molecule has 1 aliphatic rings. The molecule has 2 aromatic heterocycles. The Morgan fingerprint density at radius 3 is 2.70 bits per heavy atom. The summed E-state index contributed by atoms with van der Waals surface area (Å²) in [6.07, 6.45) is 1.66. The van der Waals surface area contributed by atoms with Gasteiger partial charge in [0.05, 0.1) is 0 Å². The summed E-state index contributed by atoms with van der Waals surface area (Å²) in [5.74, 6) is 1.35. The topological polar surface area (TPSA) is 72.6 Å². The normalized spacial score (nSPS) is 15.3. The summed E-state index contributed by atoms with van der Waals surface area (Å²) >= 11 is 3.45.